The lowest BCUT2D eigenvalue weighted by atomic mass is 9.63. The van der Waals surface area contributed by atoms with Crippen molar-refractivity contribution in [1.29, 1.82) is 0 Å². The zero-order valence-electron chi connectivity index (χ0n) is 16.2. The molecule has 0 spiro atoms. The molecule has 0 saturated carbocycles. The van der Waals surface area contributed by atoms with Gasteiger partial charge in [0.1, 0.15) is 0 Å². The van der Waals surface area contributed by atoms with Gasteiger partial charge in [-0.2, -0.15) is 0 Å². The van der Waals surface area contributed by atoms with Gasteiger partial charge in [0.05, 0.1) is 0 Å². The van der Waals surface area contributed by atoms with Crippen molar-refractivity contribution in [1.82, 2.24) is 0 Å². The van der Waals surface area contributed by atoms with E-state index in [1.807, 2.05) is 6.92 Å². The molecular formula is C25H28. The van der Waals surface area contributed by atoms with Gasteiger partial charge in [0.15, 0.2) is 0 Å². The van der Waals surface area contributed by atoms with Gasteiger partial charge in [-0.3, -0.25) is 0 Å². The van der Waals surface area contributed by atoms with Crippen LogP contribution in [-0.4, -0.2) is 0 Å². The molecule has 2 aromatic rings. The van der Waals surface area contributed by atoms with Crippen LogP contribution in [0.5, 0.6) is 0 Å². The third kappa shape index (κ3) is 3.57. The molecule has 0 nitrogen and oxygen atoms in total. The molecule has 0 radical (unpaired) electrons. The SMILES string of the molecule is C=C(C)c1ccc(C#Cc2ccc3c(c2)C(C)(C)CCC3(C)C)cc1. The van der Waals surface area contributed by atoms with E-state index < -0.39 is 0 Å². The molecule has 0 heteroatoms. The summed E-state index contributed by atoms with van der Waals surface area (Å²) in [6, 6.07) is 15.1. The minimum Gasteiger partial charge on any atom is -0.0955 e. The van der Waals surface area contributed by atoms with Crippen LogP contribution in [0.25, 0.3) is 5.57 Å². The highest BCUT2D eigenvalue weighted by atomic mass is 14.4. The van der Waals surface area contributed by atoms with Crippen molar-refractivity contribution in [2.24, 2.45) is 0 Å². The molecule has 2 aromatic carbocycles. The lowest BCUT2D eigenvalue weighted by molar-refractivity contribution is 0.332. The van der Waals surface area contributed by atoms with Crippen molar-refractivity contribution in [3.8, 4) is 11.8 Å². The Morgan fingerprint density at radius 1 is 0.800 bits per heavy atom. The van der Waals surface area contributed by atoms with E-state index in [2.05, 4.69) is 88.6 Å². The van der Waals surface area contributed by atoms with Crippen molar-refractivity contribution < 1.29 is 0 Å². The summed E-state index contributed by atoms with van der Waals surface area (Å²) in [4.78, 5) is 0. The van der Waals surface area contributed by atoms with Gasteiger partial charge in [-0.1, -0.05) is 69.9 Å². The fourth-order valence-electron chi connectivity index (χ4n) is 3.65. The molecule has 0 amide bonds. The average molecular weight is 328 g/mol. The van der Waals surface area contributed by atoms with Crippen LogP contribution in [0.1, 0.15) is 75.3 Å². The number of hydrogen-bond acceptors (Lipinski definition) is 0. The molecule has 3 rings (SSSR count). The van der Waals surface area contributed by atoms with E-state index in [4.69, 9.17) is 0 Å². The van der Waals surface area contributed by atoms with Crippen molar-refractivity contribution >= 4 is 5.57 Å². The van der Waals surface area contributed by atoms with Gasteiger partial charge in [-0.15, -0.1) is 0 Å². The zero-order valence-corrected chi connectivity index (χ0v) is 16.2. The van der Waals surface area contributed by atoms with Crippen molar-refractivity contribution in [3.05, 3.63) is 76.9 Å². The fourth-order valence-corrected chi connectivity index (χ4v) is 3.65. The average Bonchev–Trinajstić information content (AvgIpc) is 2.57. The highest BCUT2D eigenvalue weighted by Crippen LogP contribution is 2.45. The summed E-state index contributed by atoms with van der Waals surface area (Å²) in [5, 5.41) is 0. The minimum absolute atomic E-state index is 0.228. The lowest BCUT2D eigenvalue weighted by Crippen LogP contribution is -2.33. The molecule has 0 saturated heterocycles. The molecule has 0 bridgehead atoms. The van der Waals surface area contributed by atoms with Crippen LogP contribution in [0.4, 0.5) is 0 Å². The number of hydrogen-bond donors (Lipinski definition) is 0. The first-order valence-electron chi connectivity index (χ1n) is 9.12. The van der Waals surface area contributed by atoms with E-state index in [0.29, 0.717) is 0 Å². The molecule has 25 heavy (non-hydrogen) atoms. The van der Waals surface area contributed by atoms with E-state index >= 15 is 0 Å². The van der Waals surface area contributed by atoms with Crippen molar-refractivity contribution in [2.75, 3.05) is 0 Å². The minimum atomic E-state index is 0.228. The Kier molecular flexibility index (Phi) is 4.38. The Labute approximate surface area is 153 Å². The Hall–Kier alpha value is -2.26. The van der Waals surface area contributed by atoms with E-state index in [1.165, 1.54) is 29.5 Å². The Balaban J connectivity index is 1.94. The second-order valence-corrected chi connectivity index (χ2v) is 8.64. The molecular weight excluding hydrogens is 300 g/mol. The largest absolute Gasteiger partial charge is 0.0955 e. The first kappa shape index (κ1) is 17.6. The summed E-state index contributed by atoms with van der Waals surface area (Å²) < 4.78 is 0. The predicted octanol–water partition coefficient (Wildman–Crippen LogP) is 6.47. The normalized spacial score (nSPS) is 17.2. The first-order chi connectivity index (χ1) is 11.7. The van der Waals surface area contributed by atoms with Gasteiger partial charge in [-0.05, 0) is 71.6 Å². The first-order valence-corrected chi connectivity index (χ1v) is 9.12. The number of benzene rings is 2. The van der Waals surface area contributed by atoms with Gasteiger partial charge in [0.25, 0.3) is 0 Å². The third-order valence-electron chi connectivity index (χ3n) is 5.58. The van der Waals surface area contributed by atoms with E-state index in [1.54, 1.807) is 0 Å². The maximum Gasteiger partial charge on any atom is 0.0252 e. The summed E-state index contributed by atoms with van der Waals surface area (Å²) in [6.07, 6.45) is 2.47. The standard InChI is InChI=1S/C25H28/c1-18(2)21-12-9-19(10-13-21)7-8-20-11-14-22-23(17-20)25(5,6)16-15-24(22,3)4/h9-14,17H,1,15-16H2,2-6H3. The number of rotatable bonds is 1. The Morgan fingerprint density at radius 3 is 1.92 bits per heavy atom. The molecule has 0 fully saturated rings. The van der Waals surface area contributed by atoms with Crippen LogP contribution in [-0.2, 0) is 10.8 Å². The van der Waals surface area contributed by atoms with Crippen LogP contribution < -0.4 is 0 Å². The maximum atomic E-state index is 3.98. The van der Waals surface area contributed by atoms with Crippen LogP contribution in [0.2, 0.25) is 0 Å². The molecule has 0 heterocycles. The van der Waals surface area contributed by atoms with Crippen molar-refractivity contribution in [3.63, 3.8) is 0 Å². The summed E-state index contributed by atoms with van der Waals surface area (Å²) in [5.41, 5.74) is 7.84. The van der Waals surface area contributed by atoms with Crippen molar-refractivity contribution in [2.45, 2.75) is 58.3 Å². The summed E-state index contributed by atoms with van der Waals surface area (Å²) in [7, 11) is 0. The Morgan fingerprint density at radius 2 is 1.32 bits per heavy atom. The molecule has 1 aliphatic carbocycles. The van der Waals surface area contributed by atoms with E-state index in [-0.39, 0.29) is 10.8 Å². The molecule has 0 aliphatic heterocycles. The topological polar surface area (TPSA) is 0 Å². The van der Waals surface area contributed by atoms with E-state index in [0.717, 1.165) is 16.7 Å². The van der Waals surface area contributed by atoms with Crippen LogP contribution >= 0.6 is 0 Å². The number of fused-ring (bicyclic) bond motifs is 1. The number of allylic oxidation sites excluding steroid dienone is 1. The maximum absolute atomic E-state index is 3.98. The molecule has 0 unspecified atom stereocenters. The van der Waals surface area contributed by atoms with E-state index in [9.17, 15) is 0 Å². The quantitative estimate of drug-likeness (QED) is 0.526. The molecule has 0 atom stereocenters. The van der Waals surface area contributed by atoms with Gasteiger partial charge in [0, 0.05) is 11.1 Å². The summed E-state index contributed by atoms with van der Waals surface area (Å²) >= 11 is 0. The molecule has 0 aromatic heterocycles. The van der Waals surface area contributed by atoms with Gasteiger partial charge in [0.2, 0.25) is 0 Å². The zero-order chi connectivity index (χ0) is 18.2. The van der Waals surface area contributed by atoms with Gasteiger partial charge >= 0.3 is 0 Å². The highest BCUT2D eigenvalue weighted by molar-refractivity contribution is 5.62. The molecule has 1 aliphatic rings. The smallest absolute Gasteiger partial charge is 0.0252 e. The van der Waals surface area contributed by atoms with Gasteiger partial charge < -0.3 is 0 Å². The predicted molar refractivity (Wildman–Crippen MR) is 109 cm³/mol. The second-order valence-electron chi connectivity index (χ2n) is 8.64. The van der Waals surface area contributed by atoms with Crippen LogP contribution in [0.3, 0.4) is 0 Å². The molecule has 0 N–H and O–H groups in total. The highest BCUT2D eigenvalue weighted by Gasteiger charge is 2.36. The summed E-state index contributed by atoms with van der Waals surface area (Å²) in [5.74, 6) is 6.65. The summed E-state index contributed by atoms with van der Waals surface area (Å²) in [6.45, 7) is 15.4. The molecule has 128 valence electrons. The van der Waals surface area contributed by atoms with Crippen LogP contribution in [0, 0.1) is 11.8 Å². The fraction of sp³-hybridized carbons (Fsp3) is 0.360. The Bertz CT molecular complexity index is 864. The van der Waals surface area contributed by atoms with Crippen LogP contribution in [0.15, 0.2) is 49.0 Å². The second kappa shape index (κ2) is 6.23. The lowest BCUT2D eigenvalue weighted by Gasteiger charge is -2.41. The monoisotopic (exact) mass is 328 g/mol. The third-order valence-corrected chi connectivity index (χ3v) is 5.58. The van der Waals surface area contributed by atoms with Gasteiger partial charge in [-0.25, -0.2) is 0 Å².